The number of aliphatic hydroxyl groups is 1. The van der Waals surface area contributed by atoms with Gasteiger partial charge in [0.1, 0.15) is 0 Å². The van der Waals surface area contributed by atoms with Gasteiger partial charge in [-0.1, -0.05) is 12.2 Å². The van der Waals surface area contributed by atoms with Crippen molar-refractivity contribution in [2.75, 3.05) is 6.61 Å². The molecule has 2 nitrogen and oxygen atoms in total. The summed E-state index contributed by atoms with van der Waals surface area (Å²) in [6.45, 7) is 0.00559. The minimum Gasteiger partial charge on any atom is -0.394 e. The summed E-state index contributed by atoms with van der Waals surface area (Å²) in [5, 5.41) is 8.53. The molecule has 0 radical (unpaired) electrons. The third-order valence-corrected chi connectivity index (χ3v) is 1.29. The fourth-order valence-electron chi connectivity index (χ4n) is 0.654. The van der Waals surface area contributed by atoms with E-state index in [1.165, 1.54) is 0 Å². The zero-order chi connectivity index (χ0) is 8.53. The Morgan fingerprint density at radius 3 is 2.91 bits per heavy atom. The Balaban J connectivity index is 3.23. The molecule has 1 unspecified atom stereocenters. The van der Waals surface area contributed by atoms with Gasteiger partial charge in [-0.25, -0.2) is 0 Å². The van der Waals surface area contributed by atoms with E-state index < -0.39 is 0 Å². The molecule has 0 aliphatic carbocycles. The summed E-state index contributed by atoms with van der Waals surface area (Å²) in [5.74, 6) is 2.56. The highest BCUT2D eigenvalue weighted by atomic mass is 16.3. The summed E-state index contributed by atoms with van der Waals surface area (Å²) >= 11 is 0. The number of aliphatic hydroxyl groups excluding tert-OH is 1. The summed E-state index contributed by atoms with van der Waals surface area (Å²) in [7, 11) is 0. The van der Waals surface area contributed by atoms with Crippen LogP contribution >= 0.6 is 0 Å². The molecule has 62 valence electrons. The Hall–Kier alpha value is -0.780. The number of allylic oxidation sites excluding steroid dienone is 1. The third kappa shape index (κ3) is 7.11. The van der Waals surface area contributed by atoms with Gasteiger partial charge in [-0.2, -0.15) is 0 Å². The minimum atomic E-state index is -0.221. The van der Waals surface area contributed by atoms with Crippen molar-refractivity contribution >= 4 is 0 Å². The first-order valence-corrected chi connectivity index (χ1v) is 3.77. The van der Waals surface area contributed by atoms with E-state index in [-0.39, 0.29) is 12.6 Å². The first-order valence-electron chi connectivity index (χ1n) is 3.77. The average Bonchev–Trinajstić information content (AvgIpc) is 2.04. The third-order valence-electron chi connectivity index (χ3n) is 1.29. The first-order chi connectivity index (χ1) is 5.31. The van der Waals surface area contributed by atoms with E-state index in [2.05, 4.69) is 5.92 Å². The molecular formula is C9H15NO. The Morgan fingerprint density at radius 2 is 2.36 bits per heavy atom. The fraction of sp³-hybridized carbons (Fsp3) is 0.556. The van der Waals surface area contributed by atoms with Crippen LogP contribution in [0.25, 0.3) is 0 Å². The molecule has 0 rings (SSSR count). The van der Waals surface area contributed by atoms with Gasteiger partial charge in [0.05, 0.1) is 6.61 Å². The number of terminal acetylenes is 1. The van der Waals surface area contributed by atoms with Crippen LogP contribution in [0.1, 0.15) is 19.3 Å². The van der Waals surface area contributed by atoms with Crippen LogP contribution in [0.2, 0.25) is 0 Å². The second-order valence-electron chi connectivity index (χ2n) is 2.37. The molecule has 0 fully saturated rings. The van der Waals surface area contributed by atoms with E-state index in [1.54, 1.807) is 6.08 Å². The molecule has 0 bridgehead atoms. The molecule has 0 saturated heterocycles. The first kappa shape index (κ1) is 10.2. The maximum Gasteiger partial charge on any atom is 0.0618 e. The van der Waals surface area contributed by atoms with Gasteiger partial charge >= 0.3 is 0 Å². The van der Waals surface area contributed by atoms with Crippen LogP contribution < -0.4 is 5.73 Å². The molecule has 0 amide bonds. The van der Waals surface area contributed by atoms with Gasteiger partial charge in [0.2, 0.25) is 0 Å². The van der Waals surface area contributed by atoms with Gasteiger partial charge in [-0.15, -0.1) is 12.3 Å². The number of rotatable bonds is 5. The lowest BCUT2D eigenvalue weighted by atomic mass is 10.2. The van der Waals surface area contributed by atoms with Gasteiger partial charge in [0, 0.05) is 12.5 Å². The minimum absolute atomic E-state index is 0.00559. The fourth-order valence-corrected chi connectivity index (χ4v) is 0.654. The molecule has 11 heavy (non-hydrogen) atoms. The molecule has 1 atom stereocenters. The van der Waals surface area contributed by atoms with Crippen molar-refractivity contribution in [3.05, 3.63) is 12.2 Å². The van der Waals surface area contributed by atoms with Crippen molar-refractivity contribution in [1.29, 1.82) is 0 Å². The molecule has 2 heteroatoms. The molecule has 0 aromatic heterocycles. The Kier molecular flexibility index (Phi) is 6.81. The van der Waals surface area contributed by atoms with Crippen LogP contribution in [0.4, 0.5) is 0 Å². The average molecular weight is 153 g/mol. The van der Waals surface area contributed by atoms with Crippen molar-refractivity contribution in [1.82, 2.24) is 0 Å². The van der Waals surface area contributed by atoms with E-state index in [9.17, 15) is 0 Å². The quantitative estimate of drug-likeness (QED) is 0.346. The lowest BCUT2D eigenvalue weighted by molar-refractivity contribution is 0.284. The van der Waals surface area contributed by atoms with Crippen molar-refractivity contribution in [3.8, 4) is 12.3 Å². The molecule has 0 aromatic rings. The maximum absolute atomic E-state index is 8.53. The molecule has 0 aliphatic rings. The predicted octanol–water partition coefficient (Wildman–Crippen LogP) is 0.666. The van der Waals surface area contributed by atoms with Gasteiger partial charge < -0.3 is 10.8 Å². The number of hydrogen-bond donors (Lipinski definition) is 2. The number of nitrogens with two attached hydrogens (primary N) is 1. The van der Waals surface area contributed by atoms with Crippen molar-refractivity contribution in [3.63, 3.8) is 0 Å². The summed E-state index contributed by atoms with van der Waals surface area (Å²) < 4.78 is 0. The zero-order valence-electron chi connectivity index (χ0n) is 6.66. The van der Waals surface area contributed by atoms with Crippen LogP contribution in [-0.2, 0) is 0 Å². The monoisotopic (exact) mass is 153 g/mol. The van der Waals surface area contributed by atoms with Gasteiger partial charge in [0.25, 0.3) is 0 Å². The van der Waals surface area contributed by atoms with Crippen LogP contribution in [-0.4, -0.2) is 17.8 Å². The second-order valence-corrected chi connectivity index (χ2v) is 2.37. The van der Waals surface area contributed by atoms with E-state index in [0.29, 0.717) is 0 Å². The smallest absolute Gasteiger partial charge is 0.0618 e. The zero-order valence-corrected chi connectivity index (χ0v) is 6.66. The summed E-state index contributed by atoms with van der Waals surface area (Å²) in [4.78, 5) is 0. The maximum atomic E-state index is 8.53. The van der Waals surface area contributed by atoms with Crippen molar-refractivity contribution in [2.24, 2.45) is 5.73 Å². The van der Waals surface area contributed by atoms with Crippen LogP contribution in [0.5, 0.6) is 0 Å². The number of hydrogen-bond acceptors (Lipinski definition) is 2. The lowest BCUT2D eigenvalue weighted by Gasteiger charge is -1.98. The highest BCUT2D eigenvalue weighted by Crippen LogP contribution is 1.95. The molecule has 0 aliphatic heterocycles. The van der Waals surface area contributed by atoms with Crippen LogP contribution in [0, 0.1) is 12.3 Å². The van der Waals surface area contributed by atoms with E-state index in [0.717, 1.165) is 19.3 Å². The molecule has 0 spiro atoms. The Morgan fingerprint density at radius 1 is 1.64 bits per heavy atom. The second kappa shape index (κ2) is 7.33. The number of unbranched alkanes of at least 4 members (excludes halogenated alkanes) is 2. The largest absolute Gasteiger partial charge is 0.394 e. The molecule has 3 N–H and O–H groups in total. The predicted molar refractivity (Wildman–Crippen MR) is 46.9 cm³/mol. The standard InChI is InChI=1S/C9H15NO/c1-2-3-4-5-6-7-9(10)8-11/h1,6-7,9,11H,3-5,8,10H2. The SMILES string of the molecule is C#CCCCC=CC(N)CO. The summed E-state index contributed by atoms with van der Waals surface area (Å²) in [6, 6.07) is -0.221. The van der Waals surface area contributed by atoms with Gasteiger partial charge in [-0.3, -0.25) is 0 Å². The van der Waals surface area contributed by atoms with Crippen molar-refractivity contribution in [2.45, 2.75) is 25.3 Å². The molecule has 0 saturated carbocycles. The van der Waals surface area contributed by atoms with Crippen molar-refractivity contribution < 1.29 is 5.11 Å². The Labute approximate surface area is 68.1 Å². The van der Waals surface area contributed by atoms with Gasteiger partial charge in [0.15, 0.2) is 0 Å². The van der Waals surface area contributed by atoms with Crippen LogP contribution in [0.15, 0.2) is 12.2 Å². The summed E-state index contributed by atoms with van der Waals surface area (Å²) in [5.41, 5.74) is 5.41. The molecular weight excluding hydrogens is 138 g/mol. The normalized spacial score (nSPS) is 13.2. The Bertz CT molecular complexity index is 146. The van der Waals surface area contributed by atoms with Gasteiger partial charge in [-0.05, 0) is 12.8 Å². The van der Waals surface area contributed by atoms with E-state index in [4.69, 9.17) is 17.3 Å². The topological polar surface area (TPSA) is 46.2 Å². The summed E-state index contributed by atoms with van der Waals surface area (Å²) in [6.07, 6.45) is 11.6. The van der Waals surface area contributed by atoms with Crippen LogP contribution in [0.3, 0.4) is 0 Å². The highest BCUT2D eigenvalue weighted by molar-refractivity contribution is 4.92. The van der Waals surface area contributed by atoms with E-state index in [1.807, 2.05) is 6.08 Å². The molecule has 0 heterocycles. The molecule has 0 aromatic carbocycles. The lowest BCUT2D eigenvalue weighted by Crippen LogP contribution is -2.20. The van der Waals surface area contributed by atoms with E-state index >= 15 is 0 Å². The highest BCUT2D eigenvalue weighted by Gasteiger charge is 1.90.